The van der Waals surface area contributed by atoms with E-state index in [0.717, 1.165) is 17.7 Å². The molecule has 21 heavy (non-hydrogen) atoms. The minimum Gasteiger partial charge on any atom is -0.493 e. The number of amides is 1. The van der Waals surface area contributed by atoms with Crippen LogP contribution in [0, 0.1) is 17.8 Å². The molecule has 1 saturated carbocycles. The number of carboxylic acids is 1. The van der Waals surface area contributed by atoms with Crippen LogP contribution in [0.3, 0.4) is 0 Å². The summed E-state index contributed by atoms with van der Waals surface area (Å²) in [5.74, 6) is -0.937. The second-order valence-electron chi connectivity index (χ2n) is 6.04. The molecule has 0 saturated heterocycles. The highest BCUT2D eigenvalue weighted by Crippen LogP contribution is 2.37. The van der Waals surface area contributed by atoms with Gasteiger partial charge in [0.2, 0.25) is 5.91 Å². The number of carbonyl (C=O) groups is 2. The average molecular weight is 289 g/mol. The molecule has 1 heterocycles. The van der Waals surface area contributed by atoms with Crippen LogP contribution in [0.2, 0.25) is 0 Å². The first kappa shape index (κ1) is 13.9. The fourth-order valence-corrected chi connectivity index (χ4v) is 3.35. The van der Waals surface area contributed by atoms with Crippen LogP contribution in [0.5, 0.6) is 5.75 Å². The number of fused-ring (bicyclic) bond motifs is 1. The van der Waals surface area contributed by atoms with Gasteiger partial charge in [0.25, 0.3) is 0 Å². The van der Waals surface area contributed by atoms with Gasteiger partial charge in [-0.15, -0.1) is 0 Å². The van der Waals surface area contributed by atoms with Crippen molar-refractivity contribution in [3.8, 4) is 5.75 Å². The average Bonchev–Trinajstić information content (AvgIpc) is 3.04. The highest BCUT2D eigenvalue weighted by atomic mass is 16.5. The fraction of sp³-hybridized carbons (Fsp3) is 0.500. The van der Waals surface area contributed by atoms with Crippen LogP contribution in [0.15, 0.2) is 18.2 Å². The standard InChI is InChI=1S/C16H19NO4/c1-9-6-12(13(7-9)16(19)20)15(18)17-11-2-3-14-10(8-11)4-5-21-14/h2-3,8-9,12-13H,4-7H2,1H3,(H,17,18)(H,19,20)/t9?,12-,13+/m0/s1. The highest BCUT2D eigenvalue weighted by molar-refractivity contribution is 5.95. The van der Waals surface area contributed by atoms with Gasteiger partial charge in [-0.3, -0.25) is 9.59 Å². The third kappa shape index (κ3) is 2.73. The Morgan fingerprint density at radius 1 is 1.29 bits per heavy atom. The molecule has 2 aliphatic rings. The summed E-state index contributed by atoms with van der Waals surface area (Å²) >= 11 is 0. The number of aliphatic carboxylic acids is 1. The Morgan fingerprint density at radius 2 is 2.05 bits per heavy atom. The van der Waals surface area contributed by atoms with Crippen molar-refractivity contribution < 1.29 is 19.4 Å². The summed E-state index contributed by atoms with van der Waals surface area (Å²) in [5, 5.41) is 12.1. The quantitative estimate of drug-likeness (QED) is 0.895. The maximum absolute atomic E-state index is 12.4. The van der Waals surface area contributed by atoms with E-state index in [1.54, 1.807) is 6.07 Å². The van der Waals surface area contributed by atoms with Crippen molar-refractivity contribution in [2.24, 2.45) is 17.8 Å². The van der Waals surface area contributed by atoms with Gasteiger partial charge < -0.3 is 15.2 Å². The largest absolute Gasteiger partial charge is 0.493 e. The fourth-order valence-electron chi connectivity index (χ4n) is 3.35. The Bertz CT molecular complexity index is 584. The SMILES string of the molecule is CC1C[C@H](C(=O)Nc2ccc3c(c2)CCO3)[C@H](C(=O)O)C1. The molecule has 1 aliphatic heterocycles. The Morgan fingerprint density at radius 3 is 2.81 bits per heavy atom. The van der Waals surface area contributed by atoms with E-state index in [4.69, 9.17) is 4.74 Å². The molecule has 1 aromatic rings. The van der Waals surface area contributed by atoms with Crippen molar-refractivity contribution in [3.05, 3.63) is 23.8 Å². The second-order valence-corrected chi connectivity index (χ2v) is 6.04. The lowest BCUT2D eigenvalue weighted by Crippen LogP contribution is -2.30. The smallest absolute Gasteiger partial charge is 0.307 e. The minimum atomic E-state index is -0.873. The van der Waals surface area contributed by atoms with Crippen LogP contribution in [-0.2, 0) is 16.0 Å². The molecule has 1 aliphatic carbocycles. The number of nitrogens with one attached hydrogen (secondary N) is 1. The molecular weight excluding hydrogens is 270 g/mol. The van der Waals surface area contributed by atoms with Crippen molar-refractivity contribution >= 4 is 17.6 Å². The molecule has 3 rings (SSSR count). The lowest BCUT2D eigenvalue weighted by Gasteiger charge is -2.16. The molecule has 3 atom stereocenters. The van der Waals surface area contributed by atoms with Crippen molar-refractivity contribution in [3.63, 3.8) is 0 Å². The molecule has 0 aromatic heterocycles. The molecule has 1 unspecified atom stereocenters. The molecule has 2 N–H and O–H groups in total. The summed E-state index contributed by atoms with van der Waals surface area (Å²) in [6.45, 7) is 2.67. The minimum absolute atomic E-state index is 0.189. The van der Waals surface area contributed by atoms with Gasteiger partial charge in [-0.25, -0.2) is 0 Å². The van der Waals surface area contributed by atoms with Gasteiger partial charge in [0.1, 0.15) is 5.75 Å². The molecule has 112 valence electrons. The molecule has 1 amide bonds. The van der Waals surface area contributed by atoms with Crippen LogP contribution >= 0.6 is 0 Å². The van der Waals surface area contributed by atoms with Gasteiger partial charge in [0.15, 0.2) is 0 Å². The third-order valence-electron chi connectivity index (χ3n) is 4.41. The van der Waals surface area contributed by atoms with Gasteiger partial charge >= 0.3 is 5.97 Å². The zero-order valence-corrected chi connectivity index (χ0v) is 12.0. The van der Waals surface area contributed by atoms with Crippen LogP contribution in [0.4, 0.5) is 5.69 Å². The maximum atomic E-state index is 12.4. The van der Waals surface area contributed by atoms with Crippen molar-refractivity contribution in [1.82, 2.24) is 0 Å². The summed E-state index contributed by atoms with van der Waals surface area (Å²) in [4.78, 5) is 23.6. The van der Waals surface area contributed by atoms with Gasteiger partial charge in [-0.2, -0.15) is 0 Å². The van der Waals surface area contributed by atoms with Gasteiger partial charge in [0.05, 0.1) is 18.4 Å². The molecule has 0 spiro atoms. The Hall–Kier alpha value is -2.04. The summed E-state index contributed by atoms with van der Waals surface area (Å²) in [6, 6.07) is 5.56. The number of rotatable bonds is 3. The number of benzene rings is 1. The topological polar surface area (TPSA) is 75.6 Å². The first-order valence-electron chi connectivity index (χ1n) is 7.34. The zero-order valence-electron chi connectivity index (χ0n) is 12.0. The van der Waals surface area contributed by atoms with E-state index >= 15 is 0 Å². The molecule has 0 bridgehead atoms. The number of ether oxygens (including phenoxy) is 1. The molecule has 5 heteroatoms. The van der Waals surface area contributed by atoms with E-state index in [-0.39, 0.29) is 11.8 Å². The summed E-state index contributed by atoms with van der Waals surface area (Å²) in [5.41, 5.74) is 1.80. The van der Waals surface area contributed by atoms with Crippen LogP contribution < -0.4 is 10.1 Å². The second kappa shape index (κ2) is 5.39. The molecular formula is C16H19NO4. The lowest BCUT2D eigenvalue weighted by molar-refractivity contribution is -0.145. The van der Waals surface area contributed by atoms with Crippen molar-refractivity contribution in [2.75, 3.05) is 11.9 Å². The van der Waals surface area contributed by atoms with Crippen molar-refractivity contribution in [2.45, 2.75) is 26.2 Å². The van der Waals surface area contributed by atoms with Gasteiger partial charge in [-0.1, -0.05) is 6.92 Å². The molecule has 1 fully saturated rings. The lowest BCUT2D eigenvalue weighted by atomic mass is 9.95. The molecule has 1 aromatic carbocycles. The molecule has 0 radical (unpaired) electrons. The summed E-state index contributed by atoms with van der Waals surface area (Å²) < 4.78 is 5.43. The van der Waals surface area contributed by atoms with Gasteiger partial charge in [0, 0.05) is 12.1 Å². The normalized spacial score (nSPS) is 27.0. The first-order chi connectivity index (χ1) is 10.0. The Balaban J connectivity index is 1.72. The first-order valence-corrected chi connectivity index (χ1v) is 7.34. The van der Waals surface area contributed by atoms with E-state index in [9.17, 15) is 14.7 Å². The number of hydrogen-bond donors (Lipinski definition) is 2. The van der Waals surface area contributed by atoms with E-state index in [1.165, 1.54) is 0 Å². The highest BCUT2D eigenvalue weighted by Gasteiger charge is 2.41. The molecule has 5 nitrogen and oxygen atoms in total. The van der Waals surface area contributed by atoms with Crippen molar-refractivity contribution in [1.29, 1.82) is 0 Å². The van der Waals surface area contributed by atoms with Crippen LogP contribution in [-0.4, -0.2) is 23.6 Å². The number of carbonyl (C=O) groups excluding carboxylic acids is 1. The van der Waals surface area contributed by atoms with E-state index in [1.807, 2.05) is 19.1 Å². The van der Waals surface area contributed by atoms with E-state index < -0.39 is 17.8 Å². The number of hydrogen-bond acceptors (Lipinski definition) is 3. The van der Waals surface area contributed by atoms with Crippen LogP contribution in [0.1, 0.15) is 25.3 Å². The van der Waals surface area contributed by atoms with E-state index in [2.05, 4.69) is 5.32 Å². The zero-order chi connectivity index (χ0) is 15.0. The number of anilines is 1. The predicted octanol–water partition coefficient (Wildman–Crippen LogP) is 2.31. The maximum Gasteiger partial charge on any atom is 0.307 e. The third-order valence-corrected chi connectivity index (χ3v) is 4.41. The monoisotopic (exact) mass is 289 g/mol. The number of carboxylic acid groups (broad SMARTS) is 1. The Labute approximate surface area is 123 Å². The van der Waals surface area contributed by atoms with Crippen LogP contribution in [0.25, 0.3) is 0 Å². The summed E-state index contributed by atoms with van der Waals surface area (Å²) in [6.07, 6.45) is 2.06. The Kier molecular flexibility index (Phi) is 3.57. The van der Waals surface area contributed by atoms with Gasteiger partial charge in [-0.05, 0) is 42.5 Å². The van der Waals surface area contributed by atoms with E-state index in [0.29, 0.717) is 25.1 Å². The summed E-state index contributed by atoms with van der Waals surface area (Å²) in [7, 11) is 0. The predicted molar refractivity (Wildman–Crippen MR) is 77.3 cm³/mol.